The number of sulfone groups is 1. The molecule has 0 aromatic heterocycles. The van der Waals surface area contributed by atoms with E-state index in [1.54, 1.807) is 25.1 Å². The molecule has 106 valence electrons. The maximum atomic E-state index is 12.3. The van der Waals surface area contributed by atoms with Gasteiger partial charge in [-0.15, -0.1) is 0 Å². The van der Waals surface area contributed by atoms with Gasteiger partial charge in [-0.1, -0.05) is 6.07 Å². The third kappa shape index (κ3) is 3.70. The molecule has 2 rings (SSSR count). The molecule has 1 heterocycles. The fourth-order valence-corrected chi connectivity index (χ4v) is 4.08. The van der Waals surface area contributed by atoms with Gasteiger partial charge in [0.25, 0.3) is 0 Å². The molecule has 1 saturated heterocycles. The number of hydrogen-bond donors (Lipinski definition) is 1. The molecule has 0 aliphatic carbocycles. The van der Waals surface area contributed by atoms with E-state index in [1.807, 2.05) is 0 Å². The molecule has 5 heteroatoms. The molecule has 1 aliphatic rings. The van der Waals surface area contributed by atoms with E-state index in [0.717, 1.165) is 31.4 Å². The summed E-state index contributed by atoms with van der Waals surface area (Å²) in [6, 6.07) is 5.03. The lowest BCUT2D eigenvalue weighted by Crippen LogP contribution is -2.12. The summed E-state index contributed by atoms with van der Waals surface area (Å²) in [7, 11) is -3.24. The Kier molecular flexibility index (Phi) is 4.47. The van der Waals surface area contributed by atoms with Gasteiger partial charge < -0.3 is 10.5 Å². The van der Waals surface area contributed by atoms with Crippen LogP contribution in [0.15, 0.2) is 23.1 Å². The second-order valence-corrected chi connectivity index (χ2v) is 7.20. The first-order valence-corrected chi connectivity index (χ1v) is 8.35. The fourth-order valence-electron chi connectivity index (χ4n) is 2.43. The SMILES string of the molecule is Cc1ccc(N)cc1S(=O)(=O)CCCC1CCCO1. The zero-order valence-electron chi connectivity index (χ0n) is 11.3. The number of benzene rings is 1. The number of nitrogens with two attached hydrogens (primary N) is 1. The molecular weight excluding hydrogens is 262 g/mol. The summed E-state index contributed by atoms with van der Waals surface area (Å²) >= 11 is 0. The van der Waals surface area contributed by atoms with Crippen molar-refractivity contribution < 1.29 is 13.2 Å². The van der Waals surface area contributed by atoms with Crippen LogP contribution in [0.25, 0.3) is 0 Å². The number of nitrogen functional groups attached to an aromatic ring is 1. The summed E-state index contributed by atoms with van der Waals surface area (Å²) in [5.41, 5.74) is 6.91. The first kappa shape index (κ1) is 14.3. The molecule has 0 bridgehead atoms. The summed E-state index contributed by atoms with van der Waals surface area (Å²) in [6.07, 6.45) is 3.85. The number of aryl methyl sites for hydroxylation is 1. The summed E-state index contributed by atoms with van der Waals surface area (Å²) in [6.45, 7) is 2.61. The molecule has 19 heavy (non-hydrogen) atoms. The molecule has 4 nitrogen and oxygen atoms in total. The van der Waals surface area contributed by atoms with Gasteiger partial charge in [0, 0.05) is 12.3 Å². The van der Waals surface area contributed by atoms with Crippen LogP contribution in [0.3, 0.4) is 0 Å². The summed E-state index contributed by atoms with van der Waals surface area (Å²) in [5.74, 6) is 0.164. The van der Waals surface area contributed by atoms with Crippen molar-refractivity contribution in [1.29, 1.82) is 0 Å². The minimum absolute atomic E-state index is 0.164. The van der Waals surface area contributed by atoms with E-state index >= 15 is 0 Å². The topological polar surface area (TPSA) is 69.4 Å². The van der Waals surface area contributed by atoms with Crippen LogP contribution in [-0.2, 0) is 14.6 Å². The van der Waals surface area contributed by atoms with Crippen molar-refractivity contribution in [1.82, 2.24) is 0 Å². The van der Waals surface area contributed by atoms with E-state index < -0.39 is 9.84 Å². The number of hydrogen-bond acceptors (Lipinski definition) is 4. The third-order valence-electron chi connectivity index (χ3n) is 3.51. The molecule has 1 unspecified atom stereocenters. The predicted molar refractivity (Wildman–Crippen MR) is 75.9 cm³/mol. The van der Waals surface area contributed by atoms with Crippen LogP contribution >= 0.6 is 0 Å². The van der Waals surface area contributed by atoms with Gasteiger partial charge in [0.15, 0.2) is 9.84 Å². The lowest BCUT2D eigenvalue weighted by atomic mass is 10.1. The smallest absolute Gasteiger partial charge is 0.178 e. The van der Waals surface area contributed by atoms with Gasteiger partial charge in [0.05, 0.1) is 16.8 Å². The highest BCUT2D eigenvalue weighted by molar-refractivity contribution is 7.91. The van der Waals surface area contributed by atoms with Gasteiger partial charge in [-0.3, -0.25) is 0 Å². The third-order valence-corrected chi connectivity index (χ3v) is 5.45. The largest absolute Gasteiger partial charge is 0.399 e. The molecule has 0 saturated carbocycles. The second-order valence-electron chi connectivity index (χ2n) is 5.12. The highest BCUT2D eigenvalue weighted by Crippen LogP contribution is 2.22. The first-order chi connectivity index (χ1) is 8.99. The summed E-state index contributed by atoms with van der Waals surface area (Å²) < 4.78 is 30.1. The van der Waals surface area contributed by atoms with E-state index in [0.29, 0.717) is 17.0 Å². The van der Waals surface area contributed by atoms with Crippen molar-refractivity contribution >= 4 is 15.5 Å². The van der Waals surface area contributed by atoms with Crippen molar-refractivity contribution in [3.63, 3.8) is 0 Å². The van der Waals surface area contributed by atoms with Crippen LogP contribution in [0.1, 0.15) is 31.2 Å². The molecule has 1 aliphatic heterocycles. The summed E-state index contributed by atoms with van der Waals surface area (Å²) in [4.78, 5) is 0.361. The Morgan fingerprint density at radius 2 is 2.21 bits per heavy atom. The average molecular weight is 283 g/mol. The minimum Gasteiger partial charge on any atom is -0.399 e. The normalized spacial score (nSPS) is 19.7. The van der Waals surface area contributed by atoms with Gasteiger partial charge in [-0.2, -0.15) is 0 Å². The Bertz CT molecular complexity index is 534. The van der Waals surface area contributed by atoms with Crippen molar-refractivity contribution in [2.45, 2.75) is 43.6 Å². The minimum atomic E-state index is -3.24. The van der Waals surface area contributed by atoms with Crippen LogP contribution in [0, 0.1) is 6.92 Å². The van der Waals surface area contributed by atoms with Crippen LogP contribution in [0.2, 0.25) is 0 Å². The molecule has 0 radical (unpaired) electrons. The van der Waals surface area contributed by atoms with E-state index in [9.17, 15) is 8.42 Å². The first-order valence-electron chi connectivity index (χ1n) is 6.69. The highest BCUT2D eigenvalue weighted by atomic mass is 32.2. The zero-order chi connectivity index (χ0) is 13.9. The lowest BCUT2D eigenvalue weighted by Gasteiger charge is -2.11. The Morgan fingerprint density at radius 3 is 2.89 bits per heavy atom. The van der Waals surface area contributed by atoms with Crippen molar-refractivity contribution in [3.05, 3.63) is 23.8 Å². The Labute approximate surface area is 114 Å². The van der Waals surface area contributed by atoms with Crippen LogP contribution < -0.4 is 5.73 Å². The van der Waals surface area contributed by atoms with Crippen LogP contribution in [0.5, 0.6) is 0 Å². The van der Waals surface area contributed by atoms with E-state index in [1.165, 1.54) is 0 Å². The molecule has 1 atom stereocenters. The van der Waals surface area contributed by atoms with Gasteiger partial charge in [0.2, 0.25) is 0 Å². The second kappa shape index (κ2) is 5.92. The zero-order valence-corrected chi connectivity index (χ0v) is 12.1. The quantitative estimate of drug-likeness (QED) is 0.842. The van der Waals surface area contributed by atoms with Gasteiger partial charge in [-0.25, -0.2) is 8.42 Å². The van der Waals surface area contributed by atoms with Gasteiger partial charge >= 0.3 is 0 Å². The predicted octanol–water partition coefficient (Wildman–Crippen LogP) is 2.31. The molecule has 0 spiro atoms. The highest BCUT2D eigenvalue weighted by Gasteiger charge is 2.20. The van der Waals surface area contributed by atoms with Gasteiger partial charge in [0.1, 0.15) is 0 Å². The maximum Gasteiger partial charge on any atom is 0.178 e. The van der Waals surface area contributed by atoms with Crippen LogP contribution in [-0.4, -0.2) is 26.9 Å². The van der Waals surface area contributed by atoms with E-state index in [-0.39, 0.29) is 11.9 Å². The molecular formula is C14H21NO3S. The lowest BCUT2D eigenvalue weighted by molar-refractivity contribution is 0.104. The van der Waals surface area contributed by atoms with E-state index in [2.05, 4.69) is 0 Å². The average Bonchev–Trinajstić information content (AvgIpc) is 2.85. The van der Waals surface area contributed by atoms with Crippen molar-refractivity contribution in [2.24, 2.45) is 0 Å². The Balaban J connectivity index is 1.99. The number of rotatable bonds is 5. The monoisotopic (exact) mass is 283 g/mol. The molecule has 2 N–H and O–H groups in total. The van der Waals surface area contributed by atoms with Crippen LogP contribution in [0.4, 0.5) is 5.69 Å². The van der Waals surface area contributed by atoms with E-state index in [4.69, 9.17) is 10.5 Å². The molecule has 1 aromatic rings. The maximum absolute atomic E-state index is 12.3. The Morgan fingerprint density at radius 1 is 1.42 bits per heavy atom. The number of anilines is 1. The Hall–Kier alpha value is -1.07. The van der Waals surface area contributed by atoms with Crippen molar-refractivity contribution in [3.8, 4) is 0 Å². The standard InChI is InChI=1S/C14H21NO3S/c1-11-6-7-12(15)10-14(11)19(16,17)9-3-5-13-4-2-8-18-13/h6-7,10,13H,2-5,8-9,15H2,1H3. The van der Waals surface area contributed by atoms with Crippen molar-refractivity contribution in [2.75, 3.05) is 18.1 Å². The molecule has 0 amide bonds. The fraction of sp³-hybridized carbons (Fsp3) is 0.571. The molecule has 1 fully saturated rings. The molecule has 1 aromatic carbocycles. The van der Waals surface area contributed by atoms with Gasteiger partial charge in [-0.05, 0) is 50.3 Å². The summed E-state index contributed by atoms with van der Waals surface area (Å²) in [5, 5.41) is 0. The number of ether oxygens (including phenoxy) is 1.